The van der Waals surface area contributed by atoms with Gasteiger partial charge in [0.1, 0.15) is 0 Å². The van der Waals surface area contributed by atoms with Crippen molar-refractivity contribution in [2.24, 2.45) is 0 Å². The predicted octanol–water partition coefficient (Wildman–Crippen LogP) is -1.86. The third-order valence-electron chi connectivity index (χ3n) is 1.10. The lowest BCUT2D eigenvalue weighted by atomic mass is 10.2. The van der Waals surface area contributed by atoms with Gasteiger partial charge in [-0.25, -0.2) is 4.79 Å². The molecule has 0 radical (unpaired) electrons. The van der Waals surface area contributed by atoms with E-state index in [4.69, 9.17) is 15.3 Å². The molecule has 0 aromatic heterocycles. The van der Waals surface area contributed by atoms with Gasteiger partial charge in [0.25, 0.3) is 5.97 Å². The Bertz CT molecular complexity index is 179. The van der Waals surface area contributed by atoms with Gasteiger partial charge in [-0.05, 0) is 0 Å². The Morgan fingerprint density at radius 3 is 2.17 bits per heavy atom. The molecule has 6 heteroatoms. The fourth-order valence-electron chi connectivity index (χ4n) is 0.497. The zero-order chi connectivity index (χ0) is 9.78. The van der Waals surface area contributed by atoms with Crippen molar-refractivity contribution in [3.05, 3.63) is 0 Å². The second-order valence-corrected chi connectivity index (χ2v) is 2.19. The molecule has 0 aromatic rings. The molecule has 0 aromatic carbocycles. The first kappa shape index (κ1) is 11.0. The van der Waals surface area contributed by atoms with Gasteiger partial charge in [0, 0.05) is 12.8 Å². The molecule has 0 heterocycles. The van der Waals surface area contributed by atoms with E-state index >= 15 is 0 Å². The lowest BCUT2D eigenvalue weighted by molar-refractivity contribution is -0.314. The van der Waals surface area contributed by atoms with E-state index in [0.29, 0.717) is 0 Å². The van der Waals surface area contributed by atoms with E-state index in [0.717, 1.165) is 7.11 Å². The lowest BCUT2D eigenvalue weighted by Gasteiger charge is -2.11. The van der Waals surface area contributed by atoms with Crippen LogP contribution in [-0.4, -0.2) is 40.2 Å². The summed E-state index contributed by atoms with van der Waals surface area (Å²) in [5, 5.41) is 25.0. The standard InChI is InChI=1S/C6H10O6/c1-12-5(8)4(7)2-3-6(9,10)11/h9-11H,2-3H2,1H3. The maximum atomic E-state index is 10.6. The van der Waals surface area contributed by atoms with Crippen LogP contribution in [-0.2, 0) is 14.3 Å². The molecule has 12 heavy (non-hydrogen) atoms. The Balaban J connectivity index is 3.80. The topological polar surface area (TPSA) is 104 Å². The second-order valence-electron chi connectivity index (χ2n) is 2.19. The van der Waals surface area contributed by atoms with Crippen LogP contribution in [0.2, 0.25) is 0 Å². The number of hydrogen-bond acceptors (Lipinski definition) is 6. The maximum Gasteiger partial charge on any atom is 0.374 e. The van der Waals surface area contributed by atoms with Crippen LogP contribution in [0, 0.1) is 0 Å². The Kier molecular flexibility index (Phi) is 3.81. The average molecular weight is 178 g/mol. The van der Waals surface area contributed by atoms with Gasteiger partial charge in [0.05, 0.1) is 7.11 Å². The molecule has 0 saturated carbocycles. The highest BCUT2D eigenvalue weighted by atomic mass is 16.7. The van der Waals surface area contributed by atoms with Crippen LogP contribution < -0.4 is 0 Å². The minimum atomic E-state index is -2.91. The van der Waals surface area contributed by atoms with Crippen molar-refractivity contribution in [2.75, 3.05) is 7.11 Å². The van der Waals surface area contributed by atoms with Crippen LogP contribution in [0.5, 0.6) is 0 Å². The number of ether oxygens (including phenoxy) is 1. The summed E-state index contributed by atoms with van der Waals surface area (Å²) in [6, 6.07) is 0. The number of esters is 1. The molecule has 0 fully saturated rings. The first-order valence-corrected chi connectivity index (χ1v) is 3.15. The highest BCUT2D eigenvalue weighted by molar-refractivity contribution is 6.33. The van der Waals surface area contributed by atoms with E-state index in [2.05, 4.69) is 4.74 Å². The fraction of sp³-hybridized carbons (Fsp3) is 0.667. The van der Waals surface area contributed by atoms with Crippen molar-refractivity contribution < 1.29 is 29.6 Å². The number of ketones is 1. The SMILES string of the molecule is COC(=O)C(=O)CCC(O)(O)O. The van der Waals surface area contributed by atoms with Crippen molar-refractivity contribution in [1.29, 1.82) is 0 Å². The Hall–Kier alpha value is -0.980. The molecule has 0 aliphatic rings. The molecule has 0 rings (SSSR count). The van der Waals surface area contributed by atoms with Crippen LogP contribution >= 0.6 is 0 Å². The summed E-state index contributed by atoms with van der Waals surface area (Å²) in [7, 11) is 1.03. The van der Waals surface area contributed by atoms with Crippen molar-refractivity contribution in [3.8, 4) is 0 Å². The summed E-state index contributed by atoms with van der Waals surface area (Å²) in [6.07, 6.45) is -1.10. The Morgan fingerprint density at radius 1 is 1.33 bits per heavy atom. The van der Waals surface area contributed by atoms with Crippen LogP contribution in [0.15, 0.2) is 0 Å². The molecule has 6 nitrogen and oxygen atoms in total. The highest BCUT2D eigenvalue weighted by Crippen LogP contribution is 2.04. The zero-order valence-electron chi connectivity index (χ0n) is 6.48. The van der Waals surface area contributed by atoms with Crippen LogP contribution in [0.3, 0.4) is 0 Å². The predicted molar refractivity (Wildman–Crippen MR) is 35.6 cm³/mol. The van der Waals surface area contributed by atoms with Gasteiger partial charge in [-0.1, -0.05) is 0 Å². The molecule has 0 unspecified atom stereocenters. The van der Waals surface area contributed by atoms with E-state index < -0.39 is 30.6 Å². The minimum absolute atomic E-state index is 0.476. The molecule has 0 aliphatic carbocycles. The number of carbonyl (C=O) groups is 2. The first-order valence-electron chi connectivity index (χ1n) is 3.15. The van der Waals surface area contributed by atoms with Gasteiger partial charge in [0.15, 0.2) is 0 Å². The normalized spacial score (nSPS) is 11.0. The molecule has 0 spiro atoms. The number of carbonyl (C=O) groups excluding carboxylic acids is 2. The summed E-state index contributed by atoms with van der Waals surface area (Å²) in [6.45, 7) is 0. The maximum absolute atomic E-state index is 10.6. The molecule has 0 aliphatic heterocycles. The van der Waals surface area contributed by atoms with Gasteiger partial charge < -0.3 is 20.1 Å². The van der Waals surface area contributed by atoms with Crippen molar-refractivity contribution in [3.63, 3.8) is 0 Å². The van der Waals surface area contributed by atoms with E-state index in [9.17, 15) is 9.59 Å². The van der Waals surface area contributed by atoms with Gasteiger partial charge in [-0.2, -0.15) is 0 Å². The summed E-state index contributed by atoms with van der Waals surface area (Å²) >= 11 is 0. The first-order chi connectivity index (χ1) is 5.37. The Morgan fingerprint density at radius 2 is 1.83 bits per heavy atom. The zero-order valence-corrected chi connectivity index (χ0v) is 6.48. The smallest absolute Gasteiger partial charge is 0.374 e. The third-order valence-corrected chi connectivity index (χ3v) is 1.10. The third kappa shape index (κ3) is 4.78. The van der Waals surface area contributed by atoms with Gasteiger partial charge in [-0.3, -0.25) is 4.79 Å². The largest absolute Gasteiger partial charge is 0.463 e. The van der Waals surface area contributed by atoms with E-state index in [1.54, 1.807) is 0 Å². The second kappa shape index (κ2) is 4.15. The Labute approximate surface area is 68.4 Å². The molecule has 0 saturated heterocycles. The molecule has 0 amide bonds. The molecular weight excluding hydrogens is 168 g/mol. The molecular formula is C6H10O6. The highest BCUT2D eigenvalue weighted by Gasteiger charge is 2.22. The van der Waals surface area contributed by atoms with Crippen molar-refractivity contribution in [1.82, 2.24) is 0 Å². The van der Waals surface area contributed by atoms with E-state index in [1.807, 2.05) is 0 Å². The van der Waals surface area contributed by atoms with Gasteiger partial charge >= 0.3 is 5.97 Å². The molecule has 70 valence electrons. The minimum Gasteiger partial charge on any atom is -0.463 e. The van der Waals surface area contributed by atoms with Crippen molar-refractivity contribution in [2.45, 2.75) is 18.8 Å². The quantitative estimate of drug-likeness (QED) is 0.265. The molecule has 3 N–H and O–H groups in total. The van der Waals surface area contributed by atoms with Crippen LogP contribution in [0.25, 0.3) is 0 Å². The number of rotatable bonds is 4. The van der Waals surface area contributed by atoms with E-state index in [1.165, 1.54) is 0 Å². The number of Topliss-reactive ketones (excluding diaryl/α,β-unsaturated/α-hetero) is 1. The summed E-state index contributed by atoms with van der Waals surface area (Å²) in [4.78, 5) is 21.0. The molecule has 0 bridgehead atoms. The summed E-state index contributed by atoms with van der Waals surface area (Å²) < 4.78 is 4.04. The summed E-state index contributed by atoms with van der Waals surface area (Å²) in [5.41, 5.74) is 0. The van der Waals surface area contributed by atoms with Crippen molar-refractivity contribution >= 4 is 11.8 Å². The van der Waals surface area contributed by atoms with Gasteiger partial charge in [0.2, 0.25) is 5.78 Å². The molecule has 0 atom stereocenters. The average Bonchev–Trinajstić information content (AvgIpc) is 1.97. The van der Waals surface area contributed by atoms with Gasteiger partial charge in [-0.15, -0.1) is 0 Å². The number of hydrogen-bond donors (Lipinski definition) is 3. The fourth-order valence-corrected chi connectivity index (χ4v) is 0.497. The van der Waals surface area contributed by atoms with E-state index in [-0.39, 0.29) is 0 Å². The lowest BCUT2D eigenvalue weighted by Crippen LogP contribution is -2.29. The summed E-state index contributed by atoms with van der Waals surface area (Å²) in [5.74, 6) is -4.90. The number of aliphatic hydroxyl groups is 3. The number of methoxy groups -OCH3 is 1. The monoisotopic (exact) mass is 178 g/mol. The van der Waals surface area contributed by atoms with Crippen LogP contribution in [0.1, 0.15) is 12.8 Å². The van der Waals surface area contributed by atoms with Crippen LogP contribution in [0.4, 0.5) is 0 Å².